The molecule has 1 atom stereocenters. The van der Waals surface area contributed by atoms with Gasteiger partial charge in [-0.15, -0.1) is 0 Å². The SMILES string of the molecule is CC(C)COC(=O)NC(CSSC(C)(C)C)C(=O)CC1CCN(P(=O)(Cl)Cl)CC1. The van der Waals surface area contributed by atoms with E-state index < -0.39 is 18.1 Å². The number of hydrogen-bond donors (Lipinski definition) is 1. The van der Waals surface area contributed by atoms with Crippen LogP contribution in [-0.2, 0) is 14.1 Å². The number of ketones is 1. The molecule has 0 aromatic rings. The fourth-order valence-electron chi connectivity index (χ4n) is 2.70. The van der Waals surface area contributed by atoms with Crippen molar-refractivity contribution in [2.24, 2.45) is 11.8 Å². The van der Waals surface area contributed by atoms with Gasteiger partial charge in [0.1, 0.15) is 6.04 Å². The molecule has 11 heteroatoms. The smallest absolute Gasteiger partial charge is 0.407 e. The van der Waals surface area contributed by atoms with E-state index >= 15 is 0 Å². The molecule has 1 unspecified atom stereocenters. The number of carbonyl (C=O) groups is 2. The van der Waals surface area contributed by atoms with Crippen molar-refractivity contribution in [3.05, 3.63) is 0 Å². The number of nitrogens with zero attached hydrogens (tertiary/aromatic N) is 1. The molecule has 0 saturated carbocycles. The molecule has 0 aromatic heterocycles. The van der Waals surface area contributed by atoms with Crippen LogP contribution in [0.2, 0.25) is 0 Å². The first-order valence-electron chi connectivity index (χ1n) is 9.79. The Morgan fingerprint density at radius 1 is 1.24 bits per heavy atom. The molecule has 1 heterocycles. The predicted molar refractivity (Wildman–Crippen MR) is 126 cm³/mol. The van der Waals surface area contributed by atoms with Crippen LogP contribution in [0.1, 0.15) is 53.9 Å². The summed E-state index contributed by atoms with van der Waals surface area (Å²) < 4.78 is 18.6. The number of hydrogen-bond acceptors (Lipinski definition) is 6. The Kier molecular flexibility index (Phi) is 11.8. The lowest BCUT2D eigenvalue weighted by Gasteiger charge is -2.32. The van der Waals surface area contributed by atoms with Crippen LogP contribution < -0.4 is 5.32 Å². The molecular weight excluding hydrogens is 474 g/mol. The Balaban J connectivity index is 2.62. The van der Waals surface area contributed by atoms with Crippen molar-refractivity contribution >= 4 is 61.9 Å². The molecule has 1 saturated heterocycles. The van der Waals surface area contributed by atoms with E-state index in [-0.39, 0.29) is 22.4 Å². The second-order valence-corrected chi connectivity index (χ2v) is 16.5. The van der Waals surface area contributed by atoms with Gasteiger partial charge in [-0.1, -0.05) is 56.2 Å². The predicted octanol–water partition coefficient (Wildman–Crippen LogP) is 6.17. The monoisotopic (exact) mass is 506 g/mol. The zero-order valence-electron chi connectivity index (χ0n) is 17.8. The third kappa shape index (κ3) is 12.1. The summed E-state index contributed by atoms with van der Waals surface area (Å²) in [6, 6.07) is -0.598. The first kappa shape index (κ1) is 27.4. The maximum atomic E-state index is 12.9. The van der Waals surface area contributed by atoms with Gasteiger partial charge in [0.2, 0.25) is 0 Å². The third-order valence-electron chi connectivity index (χ3n) is 4.18. The Hall–Kier alpha value is 0.410. The van der Waals surface area contributed by atoms with E-state index in [4.69, 9.17) is 27.2 Å². The van der Waals surface area contributed by atoms with E-state index in [2.05, 4.69) is 26.1 Å². The summed E-state index contributed by atoms with van der Waals surface area (Å²) >= 11 is 11.5. The van der Waals surface area contributed by atoms with Gasteiger partial charge in [-0.05, 0) is 47.2 Å². The van der Waals surface area contributed by atoms with E-state index in [0.29, 0.717) is 44.7 Å². The number of Topliss-reactive ketones (excluding diaryl/α,β-unsaturated/α-hetero) is 1. The van der Waals surface area contributed by atoms with E-state index in [9.17, 15) is 14.2 Å². The molecule has 1 aliphatic heterocycles. The molecule has 170 valence electrons. The number of ether oxygens (including phenoxy) is 1. The summed E-state index contributed by atoms with van der Waals surface area (Å²) in [5, 5.41) is 2.74. The van der Waals surface area contributed by atoms with Crippen molar-refractivity contribution in [2.45, 2.75) is 64.7 Å². The molecule has 0 aliphatic carbocycles. The molecule has 1 rings (SSSR count). The molecule has 6 nitrogen and oxygen atoms in total. The summed E-state index contributed by atoms with van der Waals surface area (Å²) in [5.41, 5.74) is 0. The lowest BCUT2D eigenvalue weighted by atomic mass is 9.91. The first-order chi connectivity index (χ1) is 13.3. The Morgan fingerprint density at radius 2 is 1.83 bits per heavy atom. The summed E-state index contributed by atoms with van der Waals surface area (Å²) in [6.45, 7) is 11.5. The van der Waals surface area contributed by atoms with E-state index in [1.165, 1.54) is 0 Å². The van der Waals surface area contributed by atoms with Gasteiger partial charge in [-0.2, -0.15) is 0 Å². The Labute approximate surface area is 192 Å². The molecule has 0 spiro atoms. The molecule has 0 bridgehead atoms. The van der Waals surface area contributed by atoms with Crippen LogP contribution in [-0.4, -0.2) is 52.8 Å². The Bertz CT molecular complexity index is 591. The number of halogens is 2. The lowest BCUT2D eigenvalue weighted by molar-refractivity contribution is -0.121. The van der Waals surface area contributed by atoms with Crippen molar-refractivity contribution < 1.29 is 18.9 Å². The fraction of sp³-hybridized carbons (Fsp3) is 0.889. The second kappa shape index (κ2) is 12.4. The molecule has 1 fully saturated rings. The highest BCUT2D eigenvalue weighted by Gasteiger charge is 2.32. The molecule has 29 heavy (non-hydrogen) atoms. The zero-order valence-corrected chi connectivity index (χ0v) is 21.8. The summed E-state index contributed by atoms with van der Waals surface area (Å²) in [7, 11) is 3.25. The normalized spacial score (nSPS) is 17.9. The van der Waals surface area contributed by atoms with Crippen LogP contribution in [0.15, 0.2) is 0 Å². The van der Waals surface area contributed by atoms with Crippen LogP contribution in [0.5, 0.6) is 0 Å². The van der Waals surface area contributed by atoms with Crippen molar-refractivity contribution in [2.75, 3.05) is 25.4 Å². The molecule has 1 aliphatic rings. The average molecular weight is 507 g/mol. The van der Waals surface area contributed by atoms with Crippen molar-refractivity contribution in [1.29, 1.82) is 0 Å². The van der Waals surface area contributed by atoms with Crippen molar-refractivity contribution in [3.8, 4) is 0 Å². The van der Waals surface area contributed by atoms with Crippen molar-refractivity contribution in [1.82, 2.24) is 9.99 Å². The minimum Gasteiger partial charge on any atom is -0.449 e. The minimum atomic E-state index is -3.27. The summed E-state index contributed by atoms with van der Waals surface area (Å²) in [5.74, 6) is -2.41. The van der Waals surface area contributed by atoms with E-state index in [1.54, 1.807) is 26.3 Å². The van der Waals surface area contributed by atoms with Gasteiger partial charge in [0.25, 0.3) is 0 Å². The first-order valence-corrected chi connectivity index (χ1v) is 15.6. The van der Waals surface area contributed by atoms with Gasteiger partial charge in [0, 0.05) is 30.0 Å². The highest BCUT2D eigenvalue weighted by Crippen LogP contribution is 2.60. The summed E-state index contributed by atoms with van der Waals surface area (Å²) in [4.78, 5) is 25.0. The molecule has 1 N–H and O–H groups in total. The van der Waals surface area contributed by atoms with Gasteiger partial charge in [-0.25, -0.2) is 9.46 Å². The van der Waals surface area contributed by atoms with Crippen LogP contribution in [0, 0.1) is 11.8 Å². The third-order valence-corrected chi connectivity index (χ3v) is 9.87. The highest BCUT2D eigenvalue weighted by molar-refractivity contribution is 8.77. The maximum Gasteiger partial charge on any atom is 0.407 e. The number of nitrogens with one attached hydrogen (secondary N) is 1. The quantitative estimate of drug-likeness (QED) is 0.280. The molecule has 1 amide bonds. The molecule has 0 aromatic carbocycles. The largest absolute Gasteiger partial charge is 0.449 e. The van der Waals surface area contributed by atoms with Gasteiger partial charge >= 0.3 is 12.1 Å². The summed E-state index contributed by atoms with van der Waals surface area (Å²) in [6.07, 6.45) is 1.20. The minimum absolute atomic E-state index is 0.00751. The van der Waals surface area contributed by atoms with Crippen LogP contribution in [0.4, 0.5) is 4.79 Å². The van der Waals surface area contributed by atoms with Gasteiger partial charge in [-0.3, -0.25) is 9.36 Å². The number of alkyl carbamates (subject to hydrolysis) is 1. The topological polar surface area (TPSA) is 75.7 Å². The van der Waals surface area contributed by atoms with Crippen LogP contribution in [0.3, 0.4) is 0 Å². The zero-order chi connectivity index (χ0) is 22.2. The number of rotatable bonds is 10. The highest BCUT2D eigenvalue weighted by atomic mass is 35.9. The van der Waals surface area contributed by atoms with E-state index in [0.717, 1.165) is 0 Å². The van der Waals surface area contributed by atoms with Gasteiger partial charge in [0.05, 0.1) is 6.61 Å². The second-order valence-electron chi connectivity index (χ2n) is 8.67. The number of amides is 1. The number of piperidine rings is 1. The van der Waals surface area contributed by atoms with Crippen molar-refractivity contribution in [3.63, 3.8) is 0 Å². The molecule has 0 radical (unpaired) electrons. The standard InChI is InChI=1S/C18H33Cl2N2O4PS2/c1-13(2)11-26-17(24)21-15(12-28-29-18(3,4)5)16(23)10-14-6-8-22(9-7-14)27(19,20)25/h13-15H,6-12H2,1-5H3,(H,21,24). The maximum absolute atomic E-state index is 12.9. The average Bonchev–Trinajstić information content (AvgIpc) is 2.57. The van der Waals surface area contributed by atoms with Gasteiger partial charge in [0.15, 0.2) is 5.78 Å². The van der Waals surface area contributed by atoms with Crippen LogP contribution in [0.25, 0.3) is 0 Å². The van der Waals surface area contributed by atoms with Crippen LogP contribution >= 0.6 is 50.1 Å². The van der Waals surface area contributed by atoms with Gasteiger partial charge < -0.3 is 10.1 Å². The fourth-order valence-corrected chi connectivity index (χ4v) is 6.81. The Morgan fingerprint density at radius 3 is 2.31 bits per heavy atom. The number of carbonyl (C=O) groups excluding carboxylic acids is 2. The lowest BCUT2D eigenvalue weighted by Crippen LogP contribution is -2.44. The molecular formula is C18H33Cl2N2O4PS2. The van der Waals surface area contributed by atoms with E-state index in [1.807, 2.05) is 13.8 Å².